The van der Waals surface area contributed by atoms with Gasteiger partial charge in [0.1, 0.15) is 30.2 Å². The predicted octanol–water partition coefficient (Wildman–Crippen LogP) is 2.92. The minimum absolute atomic E-state index is 0.429. The number of ether oxygens (including phenoxy) is 1. The second-order valence-electron chi connectivity index (χ2n) is 7.56. The first-order valence-corrected chi connectivity index (χ1v) is 9.99. The molecule has 1 atom stereocenters. The molecule has 29 heavy (non-hydrogen) atoms. The maximum absolute atomic E-state index is 5.93. The van der Waals surface area contributed by atoms with E-state index in [0.717, 1.165) is 54.4 Å². The highest BCUT2D eigenvalue weighted by Crippen LogP contribution is 2.17. The van der Waals surface area contributed by atoms with E-state index in [0.29, 0.717) is 12.6 Å². The van der Waals surface area contributed by atoms with Crippen molar-refractivity contribution in [1.29, 1.82) is 0 Å². The summed E-state index contributed by atoms with van der Waals surface area (Å²) in [6.07, 6.45) is 7.75. The quantitative estimate of drug-likeness (QED) is 0.550. The summed E-state index contributed by atoms with van der Waals surface area (Å²) < 4.78 is 9.96. The Bertz CT molecular complexity index is 1110. The molecule has 1 unspecified atom stereocenters. The molecule has 7 nitrogen and oxygen atoms in total. The van der Waals surface area contributed by atoms with E-state index in [4.69, 9.17) is 4.74 Å². The molecule has 0 saturated heterocycles. The number of pyridine rings is 1. The van der Waals surface area contributed by atoms with Crippen LogP contribution in [-0.2, 0) is 26.1 Å². The summed E-state index contributed by atoms with van der Waals surface area (Å²) in [6.45, 7) is 4.24. The van der Waals surface area contributed by atoms with Crippen molar-refractivity contribution in [3.05, 3.63) is 77.8 Å². The molecule has 0 bridgehead atoms. The number of hydrogen-bond acceptors (Lipinski definition) is 5. The lowest BCUT2D eigenvalue weighted by Gasteiger charge is -2.23. The fourth-order valence-electron chi connectivity index (χ4n) is 3.80. The molecule has 4 heterocycles. The van der Waals surface area contributed by atoms with Crippen LogP contribution in [0.4, 0.5) is 0 Å². The monoisotopic (exact) mass is 388 g/mol. The van der Waals surface area contributed by atoms with Crippen LogP contribution in [0.1, 0.15) is 29.1 Å². The number of benzene rings is 1. The summed E-state index contributed by atoms with van der Waals surface area (Å²) in [5, 5.41) is 7.90. The number of hydrogen-bond donors (Lipinski definition) is 1. The minimum atomic E-state index is 0.429. The van der Waals surface area contributed by atoms with Gasteiger partial charge in [-0.25, -0.2) is 14.6 Å². The predicted molar refractivity (Wildman–Crippen MR) is 110 cm³/mol. The van der Waals surface area contributed by atoms with Crippen LogP contribution in [0.5, 0.6) is 5.75 Å². The van der Waals surface area contributed by atoms with Gasteiger partial charge < -0.3 is 14.5 Å². The summed E-state index contributed by atoms with van der Waals surface area (Å²) in [4.78, 5) is 8.93. The van der Waals surface area contributed by atoms with E-state index >= 15 is 0 Å². The largest absolute Gasteiger partial charge is 0.487 e. The second-order valence-corrected chi connectivity index (χ2v) is 7.56. The summed E-state index contributed by atoms with van der Waals surface area (Å²) in [7, 11) is 0. The van der Waals surface area contributed by atoms with Crippen molar-refractivity contribution >= 4 is 5.65 Å². The van der Waals surface area contributed by atoms with Gasteiger partial charge in [0.15, 0.2) is 0 Å². The number of nitrogens with zero attached hydrogens (tertiary/aromatic N) is 5. The number of aryl methyl sites for hydroxylation is 2. The van der Waals surface area contributed by atoms with Crippen molar-refractivity contribution in [2.75, 3.05) is 0 Å². The number of fused-ring (bicyclic) bond motifs is 2. The van der Waals surface area contributed by atoms with Crippen molar-refractivity contribution in [3.8, 4) is 5.75 Å². The van der Waals surface area contributed by atoms with Crippen molar-refractivity contribution in [1.82, 2.24) is 29.5 Å². The van der Waals surface area contributed by atoms with Crippen LogP contribution >= 0.6 is 0 Å². The number of imidazole rings is 1. The van der Waals surface area contributed by atoms with Crippen LogP contribution in [0.15, 0.2) is 55.1 Å². The Morgan fingerprint density at radius 3 is 2.97 bits per heavy atom. The first-order valence-electron chi connectivity index (χ1n) is 9.99. The van der Waals surface area contributed by atoms with E-state index in [1.54, 1.807) is 6.33 Å². The zero-order valence-corrected chi connectivity index (χ0v) is 16.5. The Labute approximate surface area is 169 Å². The van der Waals surface area contributed by atoms with E-state index in [-0.39, 0.29) is 0 Å². The van der Waals surface area contributed by atoms with Crippen molar-refractivity contribution in [2.24, 2.45) is 0 Å². The van der Waals surface area contributed by atoms with Crippen LogP contribution < -0.4 is 10.1 Å². The van der Waals surface area contributed by atoms with E-state index in [1.807, 2.05) is 39.7 Å². The van der Waals surface area contributed by atoms with Gasteiger partial charge in [-0.05, 0) is 42.7 Å². The third-order valence-electron chi connectivity index (χ3n) is 5.44. The smallest absolute Gasteiger partial charge is 0.140 e. The molecule has 1 aromatic carbocycles. The average Bonchev–Trinajstić information content (AvgIpc) is 3.38. The highest BCUT2D eigenvalue weighted by molar-refractivity contribution is 5.47. The molecular weight excluding hydrogens is 364 g/mol. The van der Waals surface area contributed by atoms with Crippen molar-refractivity contribution in [3.63, 3.8) is 0 Å². The highest BCUT2D eigenvalue weighted by atomic mass is 16.5. The standard InChI is InChI=1S/C22H24N6O/c1-16-3-2-10-27-12-19(26-22(16)27)14-29-20-7-4-17(5-8-20)11-23-18-6-9-21-24-15-25-28(21)13-18/h2-5,7-8,10,12,15,18,23H,6,9,11,13-14H2,1H3. The number of aromatic nitrogens is 5. The molecule has 4 aromatic rings. The number of nitrogens with one attached hydrogen (secondary N) is 1. The fourth-order valence-corrected chi connectivity index (χ4v) is 3.80. The molecule has 0 amide bonds. The molecule has 1 aliphatic heterocycles. The molecule has 0 spiro atoms. The fraction of sp³-hybridized carbons (Fsp3) is 0.318. The first kappa shape index (κ1) is 17.9. The van der Waals surface area contributed by atoms with Gasteiger partial charge in [0.25, 0.3) is 0 Å². The zero-order valence-electron chi connectivity index (χ0n) is 16.5. The molecule has 0 saturated carbocycles. The Morgan fingerprint density at radius 2 is 2.10 bits per heavy atom. The van der Waals surface area contributed by atoms with E-state index < -0.39 is 0 Å². The van der Waals surface area contributed by atoms with Gasteiger partial charge >= 0.3 is 0 Å². The van der Waals surface area contributed by atoms with E-state index in [2.05, 4.69) is 45.5 Å². The first-order chi connectivity index (χ1) is 14.2. The molecular formula is C22H24N6O. The van der Waals surface area contributed by atoms with E-state index in [9.17, 15) is 0 Å². The minimum Gasteiger partial charge on any atom is -0.487 e. The lowest BCUT2D eigenvalue weighted by molar-refractivity contribution is 0.302. The Morgan fingerprint density at radius 1 is 1.21 bits per heavy atom. The second kappa shape index (κ2) is 7.67. The third-order valence-corrected chi connectivity index (χ3v) is 5.44. The van der Waals surface area contributed by atoms with Crippen LogP contribution in [0.3, 0.4) is 0 Å². The molecule has 0 aliphatic carbocycles. The van der Waals surface area contributed by atoms with Crippen LogP contribution in [0.25, 0.3) is 5.65 Å². The molecule has 7 heteroatoms. The molecule has 0 fully saturated rings. The Hall–Kier alpha value is -3.19. The molecule has 5 rings (SSSR count). The molecule has 3 aromatic heterocycles. The van der Waals surface area contributed by atoms with E-state index in [1.165, 1.54) is 5.56 Å². The lowest BCUT2D eigenvalue weighted by Crippen LogP contribution is -2.37. The van der Waals surface area contributed by atoms with Gasteiger partial charge in [-0.3, -0.25) is 0 Å². The number of rotatable bonds is 6. The van der Waals surface area contributed by atoms with Gasteiger partial charge in [0, 0.05) is 31.4 Å². The van der Waals surface area contributed by atoms with Gasteiger partial charge in [0.2, 0.25) is 0 Å². The maximum Gasteiger partial charge on any atom is 0.140 e. The third kappa shape index (κ3) is 3.86. The van der Waals surface area contributed by atoms with Gasteiger partial charge in [-0.15, -0.1) is 0 Å². The molecule has 0 radical (unpaired) electrons. The van der Waals surface area contributed by atoms with Crippen molar-refractivity contribution in [2.45, 2.75) is 45.5 Å². The average molecular weight is 388 g/mol. The molecule has 1 aliphatic rings. The van der Waals surface area contributed by atoms with Gasteiger partial charge in [0.05, 0.1) is 12.2 Å². The highest BCUT2D eigenvalue weighted by Gasteiger charge is 2.19. The molecule has 1 N–H and O–H groups in total. The van der Waals surface area contributed by atoms with Crippen LogP contribution in [-0.4, -0.2) is 30.2 Å². The van der Waals surface area contributed by atoms with Crippen LogP contribution in [0.2, 0.25) is 0 Å². The lowest BCUT2D eigenvalue weighted by atomic mass is 10.1. The van der Waals surface area contributed by atoms with Gasteiger partial charge in [-0.1, -0.05) is 18.2 Å². The summed E-state index contributed by atoms with van der Waals surface area (Å²) >= 11 is 0. The zero-order chi connectivity index (χ0) is 19.6. The summed E-state index contributed by atoms with van der Waals surface area (Å²) in [5.41, 5.74) is 4.31. The van der Waals surface area contributed by atoms with Crippen LogP contribution in [0, 0.1) is 6.92 Å². The molecule has 148 valence electrons. The topological polar surface area (TPSA) is 69.3 Å². The Balaban J connectivity index is 1.14. The van der Waals surface area contributed by atoms with Crippen molar-refractivity contribution < 1.29 is 4.74 Å². The van der Waals surface area contributed by atoms with Gasteiger partial charge in [-0.2, -0.15) is 5.10 Å². The Kier molecular flexibility index (Phi) is 4.73. The summed E-state index contributed by atoms with van der Waals surface area (Å²) in [5.74, 6) is 1.94. The summed E-state index contributed by atoms with van der Waals surface area (Å²) in [6, 6.07) is 12.8. The maximum atomic E-state index is 5.93. The SMILES string of the molecule is Cc1cccn2cc(COc3ccc(CNC4CCc5ncnn5C4)cc3)nc12. The normalized spacial score (nSPS) is 16.1.